The molecule has 8 nitrogen and oxygen atoms in total. The number of rotatable bonds is 5. The van der Waals surface area contributed by atoms with Crippen LogP contribution in [0.25, 0.3) is 0 Å². The van der Waals surface area contributed by atoms with Crippen molar-refractivity contribution in [3.63, 3.8) is 0 Å². The van der Waals surface area contributed by atoms with Crippen molar-refractivity contribution in [3.05, 3.63) is 35.0 Å². The molecule has 1 atom stereocenters. The fourth-order valence-corrected chi connectivity index (χ4v) is 6.51. The summed E-state index contributed by atoms with van der Waals surface area (Å²) in [7, 11) is 0. The Morgan fingerprint density at radius 2 is 2.06 bits per heavy atom. The lowest BCUT2D eigenvalue weighted by molar-refractivity contribution is -0.154. The highest BCUT2D eigenvalue weighted by atomic mass is 35.5. The molecule has 2 aliphatic rings. The molecule has 3 heterocycles. The van der Waals surface area contributed by atoms with Crippen LogP contribution in [0.2, 0.25) is 5.02 Å². The van der Waals surface area contributed by atoms with Crippen LogP contribution >= 0.6 is 34.7 Å². The topological polar surface area (TPSA) is 91.8 Å². The molecule has 0 radical (unpaired) electrons. The number of carbonyl (C=O) groups is 3. The van der Waals surface area contributed by atoms with Gasteiger partial charge in [0.15, 0.2) is 5.13 Å². The van der Waals surface area contributed by atoms with Gasteiger partial charge in [0.2, 0.25) is 5.91 Å². The predicted molar refractivity (Wildman–Crippen MR) is 140 cm³/mol. The van der Waals surface area contributed by atoms with E-state index in [0.717, 1.165) is 21.9 Å². The van der Waals surface area contributed by atoms with E-state index < -0.39 is 5.60 Å². The minimum atomic E-state index is -0.495. The molecule has 0 unspecified atom stereocenters. The molecular weight excluding hydrogens is 508 g/mol. The van der Waals surface area contributed by atoms with E-state index >= 15 is 0 Å². The summed E-state index contributed by atoms with van der Waals surface area (Å²) in [5, 5.41) is 4.01. The second-order valence-corrected chi connectivity index (χ2v) is 12.7. The summed E-state index contributed by atoms with van der Waals surface area (Å²) in [6.45, 7) is 8.80. The van der Waals surface area contributed by atoms with Crippen molar-refractivity contribution in [2.75, 3.05) is 35.6 Å². The Morgan fingerprint density at radius 1 is 1.29 bits per heavy atom. The number of hydrogen-bond acceptors (Lipinski definition) is 7. The van der Waals surface area contributed by atoms with Crippen molar-refractivity contribution < 1.29 is 19.1 Å². The van der Waals surface area contributed by atoms with Crippen LogP contribution in [-0.2, 0) is 19.7 Å². The minimum absolute atomic E-state index is 0.0350. The molecule has 0 saturated carbocycles. The highest BCUT2D eigenvalue weighted by Gasteiger charge is 2.49. The van der Waals surface area contributed by atoms with Gasteiger partial charge in [0.05, 0.1) is 16.8 Å². The summed E-state index contributed by atoms with van der Waals surface area (Å²) in [6, 6.07) is 5.28. The van der Waals surface area contributed by atoms with Crippen LogP contribution in [0.15, 0.2) is 28.6 Å². The van der Waals surface area contributed by atoms with Crippen molar-refractivity contribution in [1.29, 1.82) is 0 Å². The number of fused-ring (bicyclic) bond motifs is 2. The van der Waals surface area contributed by atoms with Gasteiger partial charge in [0.25, 0.3) is 0 Å². The van der Waals surface area contributed by atoms with E-state index in [1.54, 1.807) is 24.1 Å². The first kappa shape index (κ1) is 25.8. The number of nitrogens with one attached hydrogen (secondary N) is 1. The van der Waals surface area contributed by atoms with Crippen molar-refractivity contribution >= 4 is 63.4 Å². The van der Waals surface area contributed by atoms with Gasteiger partial charge in [-0.3, -0.25) is 19.8 Å². The SMILES string of the molecule is CC(=O)N1CC[C@@]2(C1)CN(C(=O)Nc1ncc(SCCC(=O)OC(C)(C)C)s1)c1ccc(Cl)cc12. The van der Waals surface area contributed by atoms with Crippen LogP contribution < -0.4 is 10.2 Å². The fourth-order valence-electron chi connectivity index (χ4n) is 4.48. The van der Waals surface area contributed by atoms with Crippen LogP contribution in [0.4, 0.5) is 15.6 Å². The molecule has 1 N–H and O–H groups in total. The Kier molecular flexibility index (Phi) is 7.36. The average Bonchev–Trinajstić information content (AvgIpc) is 3.46. The maximum Gasteiger partial charge on any atom is 0.328 e. The fraction of sp³-hybridized carbons (Fsp3) is 0.500. The van der Waals surface area contributed by atoms with Crippen LogP contribution in [0, 0.1) is 0 Å². The number of hydrogen-bond donors (Lipinski definition) is 1. The molecule has 35 heavy (non-hydrogen) atoms. The lowest BCUT2D eigenvalue weighted by atomic mass is 9.81. The standard InChI is InChI=1S/C24H29ClN4O4S2/c1-15(30)28-9-8-24(13-28)14-29(18-6-5-16(25)11-17(18)24)22(32)27-21-26-12-20(35-21)34-10-7-19(31)33-23(2,3)4/h5-6,11-12H,7-10,13-14H2,1-4H3,(H,26,27,32)/t24-/m1/s1. The molecule has 2 aromatic rings. The highest BCUT2D eigenvalue weighted by Crippen LogP contribution is 2.47. The average molecular weight is 537 g/mol. The number of esters is 1. The molecule has 0 aliphatic carbocycles. The zero-order valence-electron chi connectivity index (χ0n) is 20.2. The predicted octanol–water partition coefficient (Wildman–Crippen LogP) is 5.16. The Balaban J connectivity index is 1.40. The van der Waals surface area contributed by atoms with Gasteiger partial charge in [0.1, 0.15) is 5.60 Å². The van der Waals surface area contributed by atoms with E-state index in [9.17, 15) is 14.4 Å². The van der Waals surface area contributed by atoms with E-state index in [1.807, 2.05) is 37.8 Å². The van der Waals surface area contributed by atoms with Gasteiger partial charge in [-0.15, -0.1) is 11.8 Å². The number of thiazole rings is 1. The Bertz CT molecular complexity index is 1150. The van der Waals surface area contributed by atoms with E-state index in [2.05, 4.69) is 10.3 Å². The zero-order valence-corrected chi connectivity index (χ0v) is 22.6. The maximum absolute atomic E-state index is 13.3. The van der Waals surface area contributed by atoms with Gasteiger partial charge in [-0.2, -0.15) is 0 Å². The van der Waals surface area contributed by atoms with Gasteiger partial charge in [-0.25, -0.2) is 9.78 Å². The lowest BCUT2D eigenvalue weighted by Crippen LogP contribution is -2.41. The maximum atomic E-state index is 13.3. The summed E-state index contributed by atoms with van der Waals surface area (Å²) >= 11 is 9.16. The van der Waals surface area contributed by atoms with Crippen LogP contribution in [0.5, 0.6) is 0 Å². The Morgan fingerprint density at radius 3 is 2.74 bits per heavy atom. The van der Waals surface area contributed by atoms with Crippen molar-refractivity contribution in [2.45, 2.75) is 55.8 Å². The first-order valence-electron chi connectivity index (χ1n) is 11.4. The molecule has 188 valence electrons. The molecule has 1 saturated heterocycles. The van der Waals surface area contributed by atoms with Crippen molar-refractivity contribution in [2.24, 2.45) is 0 Å². The number of anilines is 2. The van der Waals surface area contributed by atoms with Gasteiger partial charge in [0, 0.05) is 48.4 Å². The molecule has 0 bridgehead atoms. The summed E-state index contributed by atoms with van der Waals surface area (Å²) < 4.78 is 6.23. The Hall–Kier alpha value is -2.30. The van der Waals surface area contributed by atoms with E-state index in [0.29, 0.717) is 42.0 Å². The number of aromatic nitrogens is 1. The van der Waals surface area contributed by atoms with E-state index in [-0.39, 0.29) is 23.3 Å². The molecule has 1 aromatic heterocycles. The van der Waals surface area contributed by atoms with E-state index in [4.69, 9.17) is 16.3 Å². The first-order valence-corrected chi connectivity index (χ1v) is 13.6. The number of amides is 3. The van der Waals surface area contributed by atoms with Gasteiger partial charge in [-0.1, -0.05) is 22.9 Å². The summed E-state index contributed by atoms with van der Waals surface area (Å²) in [5.74, 6) is 0.368. The quantitative estimate of drug-likeness (QED) is 0.419. The van der Waals surface area contributed by atoms with Gasteiger partial charge in [-0.05, 0) is 51.0 Å². The number of likely N-dealkylation sites (tertiary alicyclic amines) is 1. The molecule has 3 amide bonds. The highest BCUT2D eigenvalue weighted by molar-refractivity contribution is 8.01. The normalized spacial score (nSPS) is 19.2. The summed E-state index contributed by atoms with van der Waals surface area (Å²) in [4.78, 5) is 45.0. The summed E-state index contributed by atoms with van der Waals surface area (Å²) in [6.07, 6.45) is 2.77. The monoisotopic (exact) mass is 536 g/mol. The second-order valence-electron chi connectivity index (χ2n) is 9.82. The van der Waals surface area contributed by atoms with Crippen molar-refractivity contribution in [3.8, 4) is 0 Å². The van der Waals surface area contributed by atoms with Crippen LogP contribution in [-0.4, -0.2) is 58.8 Å². The largest absolute Gasteiger partial charge is 0.460 e. The van der Waals surface area contributed by atoms with Crippen molar-refractivity contribution in [1.82, 2.24) is 9.88 Å². The first-order chi connectivity index (χ1) is 16.5. The number of carbonyl (C=O) groups excluding carboxylic acids is 3. The molecule has 2 aliphatic heterocycles. The molecule has 1 fully saturated rings. The van der Waals surface area contributed by atoms with Gasteiger partial charge >= 0.3 is 12.0 Å². The van der Waals surface area contributed by atoms with Crippen LogP contribution in [0.1, 0.15) is 46.1 Å². The molecular formula is C24H29ClN4O4S2. The number of urea groups is 1. The third kappa shape index (κ3) is 5.92. The number of nitrogens with zero attached hydrogens (tertiary/aromatic N) is 3. The van der Waals surface area contributed by atoms with Gasteiger partial charge < -0.3 is 9.64 Å². The molecule has 11 heteroatoms. The lowest BCUT2D eigenvalue weighted by Gasteiger charge is -2.25. The van der Waals surface area contributed by atoms with Crippen LogP contribution in [0.3, 0.4) is 0 Å². The molecule has 4 rings (SSSR count). The number of halogens is 1. The summed E-state index contributed by atoms with van der Waals surface area (Å²) in [5.41, 5.74) is 0.988. The zero-order chi connectivity index (χ0) is 25.4. The number of benzene rings is 1. The smallest absolute Gasteiger partial charge is 0.328 e. The number of ether oxygens (including phenoxy) is 1. The minimum Gasteiger partial charge on any atom is -0.460 e. The van der Waals surface area contributed by atoms with E-state index in [1.165, 1.54) is 23.1 Å². The Labute approximate surface area is 218 Å². The third-order valence-electron chi connectivity index (χ3n) is 5.99. The second kappa shape index (κ2) is 9.99. The molecule has 1 spiro atoms. The molecule has 1 aromatic carbocycles. The third-order valence-corrected chi connectivity index (χ3v) is 8.34. The number of thioether (sulfide) groups is 1.